The maximum absolute atomic E-state index is 13.0. The largest absolute Gasteiger partial charge is 0.379 e. The number of pyridine rings is 1. The zero-order valence-corrected chi connectivity index (χ0v) is 16.0. The van der Waals surface area contributed by atoms with Crippen LogP contribution in [0.2, 0.25) is 0 Å². The highest BCUT2D eigenvalue weighted by Crippen LogP contribution is 2.35. The van der Waals surface area contributed by atoms with Gasteiger partial charge in [0.15, 0.2) is 5.13 Å². The van der Waals surface area contributed by atoms with Crippen LogP contribution in [-0.2, 0) is 16.0 Å². The second-order valence-electron chi connectivity index (χ2n) is 7.35. The topological polar surface area (TPSA) is 58.6 Å². The third-order valence-electron chi connectivity index (χ3n) is 5.26. The number of anilines is 1. The van der Waals surface area contributed by atoms with Crippen molar-refractivity contribution in [3.63, 3.8) is 0 Å². The number of aromatic nitrogens is 2. The van der Waals surface area contributed by atoms with Crippen molar-refractivity contribution in [1.82, 2.24) is 14.9 Å². The fourth-order valence-electron chi connectivity index (χ4n) is 3.97. The Hall–Kier alpha value is -2.06. The molecule has 2 aromatic rings. The smallest absolute Gasteiger partial charge is 0.228 e. The predicted molar refractivity (Wildman–Crippen MR) is 101 cm³/mol. The Morgan fingerprint density at radius 3 is 3.00 bits per heavy atom. The van der Waals surface area contributed by atoms with Crippen molar-refractivity contribution in [1.29, 1.82) is 0 Å². The lowest BCUT2D eigenvalue weighted by atomic mass is 9.80. The number of likely N-dealkylation sites (tertiary alicyclic amines) is 1. The lowest BCUT2D eigenvalue weighted by molar-refractivity contribution is -0.134. The summed E-state index contributed by atoms with van der Waals surface area (Å²) in [5, 5.41) is 3.00. The van der Waals surface area contributed by atoms with Gasteiger partial charge in [-0.2, -0.15) is 0 Å². The molecule has 27 heavy (non-hydrogen) atoms. The Kier molecular flexibility index (Phi) is 5.36. The zero-order valence-electron chi connectivity index (χ0n) is 15.1. The molecular weight excluding hydrogens is 367 g/mol. The van der Waals surface area contributed by atoms with Crippen molar-refractivity contribution in [3.05, 3.63) is 41.4 Å². The molecule has 0 aromatic carbocycles. The fraction of sp³-hybridized carbons (Fsp3) is 0.526. The summed E-state index contributed by atoms with van der Waals surface area (Å²) in [7, 11) is 0. The Morgan fingerprint density at radius 1 is 1.30 bits per heavy atom. The number of hydrogen-bond donors (Lipinski definition) is 0. The molecule has 2 aromatic heterocycles. The van der Waals surface area contributed by atoms with Gasteiger partial charge >= 0.3 is 0 Å². The van der Waals surface area contributed by atoms with Crippen LogP contribution in [0.25, 0.3) is 0 Å². The molecule has 8 heteroatoms. The number of carbonyl (C=O) groups is 1. The van der Waals surface area contributed by atoms with Gasteiger partial charge in [-0.05, 0) is 25.0 Å². The maximum Gasteiger partial charge on any atom is 0.228 e. The first-order valence-corrected chi connectivity index (χ1v) is 10.1. The Bertz CT molecular complexity index is 771. The lowest BCUT2D eigenvalue weighted by Crippen LogP contribution is -2.52. The minimum absolute atomic E-state index is 0.0400. The lowest BCUT2D eigenvalue weighted by Gasteiger charge is -2.43. The van der Waals surface area contributed by atoms with E-state index in [2.05, 4.69) is 14.9 Å². The quantitative estimate of drug-likeness (QED) is 0.805. The fourth-order valence-corrected chi connectivity index (χ4v) is 4.64. The normalized spacial score (nSPS) is 23.4. The average Bonchev–Trinajstić information content (AvgIpc) is 3.14. The molecule has 2 aliphatic rings. The van der Waals surface area contributed by atoms with E-state index in [-0.39, 0.29) is 23.6 Å². The van der Waals surface area contributed by atoms with Crippen LogP contribution in [0.5, 0.6) is 0 Å². The first kappa shape index (κ1) is 18.3. The van der Waals surface area contributed by atoms with E-state index in [4.69, 9.17) is 4.74 Å². The van der Waals surface area contributed by atoms with Crippen molar-refractivity contribution in [2.75, 3.05) is 44.3 Å². The van der Waals surface area contributed by atoms with Crippen LogP contribution in [0.3, 0.4) is 0 Å². The van der Waals surface area contributed by atoms with Crippen molar-refractivity contribution < 1.29 is 13.9 Å². The first-order valence-electron chi connectivity index (χ1n) is 9.24. The van der Waals surface area contributed by atoms with E-state index in [0.29, 0.717) is 25.5 Å². The van der Waals surface area contributed by atoms with Gasteiger partial charge < -0.3 is 14.5 Å². The zero-order chi connectivity index (χ0) is 18.7. The monoisotopic (exact) mass is 390 g/mol. The molecular formula is C19H23FN4O2S. The summed E-state index contributed by atoms with van der Waals surface area (Å²) < 4.78 is 18.9. The summed E-state index contributed by atoms with van der Waals surface area (Å²) in [6.45, 7) is 4.43. The van der Waals surface area contributed by atoms with Gasteiger partial charge in [-0.3, -0.25) is 9.78 Å². The van der Waals surface area contributed by atoms with E-state index in [0.717, 1.165) is 43.8 Å². The number of piperidine rings is 1. The van der Waals surface area contributed by atoms with Crippen LogP contribution >= 0.6 is 11.3 Å². The van der Waals surface area contributed by atoms with Crippen LogP contribution < -0.4 is 4.90 Å². The van der Waals surface area contributed by atoms with Gasteiger partial charge in [-0.1, -0.05) is 0 Å². The van der Waals surface area contributed by atoms with Crippen LogP contribution in [0, 0.1) is 11.2 Å². The average molecular weight is 390 g/mol. The van der Waals surface area contributed by atoms with Crippen molar-refractivity contribution >= 4 is 22.4 Å². The van der Waals surface area contributed by atoms with Gasteiger partial charge in [-0.15, -0.1) is 11.3 Å². The minimum Gasteiger partial charge on any atom is -0.379 e. The number of halogens is 1. The van der Waals surface area contributed by atoms with Gasteiger partial charge in [0.05, 0.1) is 25.8 Å². The van der Waals surface area contributed by atoms with Crippen LogP contribution in [0.15, 0.2) is 29.9 Å². The molecule has 1 atom stereocenters. The Labute approximate surface area is 162 Å². The number of nitrogens with zero attached hydrogens (tertiary/aromatic N) is 4. The second-order valence-corrected chi connectivity index (χ2v) is 8.23. The molecule has 2 saturated heterocycles. The van der Waals surface area contributed by atoms with Gasteiger partial charge in [-0.25, -0.2) is 9.37 Å². The van der Waals surface area contributed by atoms with E-state index in [1.54, 1.807) is 17.4 Å². The molecule has 0 radical (unpaired) electrons. The molecule has 1 spiro atoms. The second kappa shape index (κ2) is 7.90. The SMILES string of the molecule is O=C(Cc1ccc(F)cn1)N1CCCC2(COCCN(c3nccs3)C2)C1. The number of amides is 1. The van der Waals surface area contributed by atoms with Gasteiger partial charge in [0, 0.05) is 48.9 Å². The summed E-state index contributed by atoms with van der Waals surface area (Å²) in [5.41, 5.74) is 0.523. The summed E-state index contributed by atoms with van der Waals surface area (Å²) in [6, 6.07) is 2.92. The number of rotatable bonds is 3. The maximum atomic E-state index is 13.0. The van der Waals surface area contributed by atoms with E-state index in [1.165, 1.54) is 6.07 Å². The molecule has 0 bridgehead atoms. The van der Waals surface area contributed by atoms with Crippen molar-refractivity contribution in [3.8, 4) is 0 Å². The molecule has 4 rings (SSSR count). The third kappa shape index (κ3) is 4.27. The molecule has 0 aliphatic carbocycles. The summed E-state index contributed by atoms with van der Waals surface area (Å²) in [6.07, 6.45) is 5.18. The molecule has 1 unspecified atom stereocenters. The van der Waals surface area contributed by atoms with Crippen LogP contribution in [0.4, 0.5) is 9.52 Å². The number of hydrogen-bond acceptors (Lipinski definition) is 6. The van der Waals surface area contributed by atoms with E-state index >= 15 is 0 Å². The van der Waals surface area contributed by atoms with Crippen LogP contribution in [0.1, 0.15) is 18.5 Å². The number of carbonyl (C=O) groups excluding carboxylic acids is 1. The minimum atomic E-state index is -0.388. The van der Waals surface area contributed by atoms with Crippen molar-refractivity contribution in [2.45, 2.75) is 19.3 Å². The van der Waals surface area contributed by atoms with Gasteiger partial charge in [0.1, 0.15) is 5.82 Å². The summed E-state index contributed by atoms with van der Waals surface area (Å²) >= 11 is 1.64. The first-order chi connectivity index (χ1) is 13.1. The van der Waals surface area contributed by atoms with E-state index < -0.39 is 0 Å². The molecule has 2 aliphatic heterocycles. The van der Waals surface area contributed by atoms with E-state index in [9.17, 15) is 9.18 Å². The summed E-state index contributed by atoms with van der Waals surface area (Å²) in [4.78, 5) is 25.5. The highest BCUT2D eigenvalue weighted by Gasteiger charge is 2.40. The molecule has 144 valence electrons. The molecule has 2 fully saturated rings. The molecule has 4 heterocycles. The van der Waals surface area contributed by atoms with Gasteiger partial charge in [0.25, 0.3) is 0 Å². The predicted octanol–water partition coefficient (Wildman–Crippen LogP) is 2.37. The van der Waals surface area contributed by atoms with E-state index in [1.807, 2.05) is 16.5 Å². The van der Waals surface area contributed by atoms with Crippen molar-refractivity contribution in [2.24, 2.45) is 5.41 Å². The molecule has 6 nitrogen and oxygen atoms in total. The molecule has 0 N–H and O–H groups in total. The van der Waals surface area contributed by atoms with Crippen LogP contribution in [-0.4, -0.2) is 60.2 Å². The number of thiazole rings is 1. The van der Waals surface area contributed by atoms with Gasteiger partial charge in [0.2, 0.25) is 5.91 Å². The molecule has 1 amide bonds. The Balaban J connectivity index is 1.45. The standard InChI is InChI=1S/C19H23FN4O2S/c20-15-2-3-16(22-11-15)10-17(25)23-6-1-4-19(12-23)13-24(7-8-26-14-19)18-21-5-9-27-18/h2-3,5,9,11H,1,4,6-8,10,12-14H2. The third-order valence-corrected chi connectivity index (χ3v) is 6.10. The highest BCUT2D eigenvalue weighted by molar-refractivity contribution is 7.13. The summed E-state index contributed by atoms with van der Waals surface area (Å²) in [5.74, 6) is -0.348. The highest BCUT2D eigenvalue weighted by atomic mass is 32.1. The molecule has 0 saturated carbocycles. The number of ether oxygens (including phenoxy) is 1. The Morgan fingerprint density at radius 2 is 2.22 bits per heavy atom.